The molecule has 3 fully saturated rings. The van der Waals surface area contributed by atoms with E-state index in [0.717, 1.165) is 70.2 Å². The number of alkyl halides is 6. The number of piperidine rings is 3. The SMILES string of the molecule is O=C(N[C@H](c1ccccc1)C(F)(F)F)c1c(CN2CCC(N3CCCCC3)CC2)c(-c2cccc(C(F)(F)F)c2)nc2ccc(C(=O)N3CCCCC3)cc12. The first kappa shape index (κ1) is 38.8. The first-order valence-electron chi connectivity index (χ1n) is 19.2. The highest BCUT2D eigenvalue weighted by atomic mass is 19.4. The lowest BCUT2D eigenvalue weighted by Gasteiger charge is -2.40. The molecule has 13 heteroatoms. The zero-order valence-electron chi connectivity index (χ0n) is 30.6. The van der Waals surface area contributed by atoms with E-state index in [1.807, 2.05) is 0 Å². The molecule has 0 saturated carbocycles. The summed E-state index contributed by atoms with van der Waals surface area (Å²) in [4.78, 5) is 39.6. The number of aromatic nitrogens is 1. The maximum atomic E-state index is 14.7. The highest BCUT2D eigenvalue weighted by Gasteiger charge is 2.43. The maximum Gasteiger partial charge on any atom is 0.416 e. The molecule has 55 heavy (non-hydrogen) atoms. The molecule has 0 unspecified atom stereocenters. The molecule has 2 amide bonds. The molecule has 3 aromatic carbocycles. The minimum Gasteiger partial charge on any atom is -0.339 e. The van der Waals surface area contributed by atoms with Gasteiger partial charge in [-0.05, 0) is 107 Å². The van der Waals surface area contributed by atoms with Crippen molar-refractivity contribution in [2.75, 3.05) is 39.3 Å². The molecule has 0 bridgehead atoms. The largest absolute Gasteiger partial charge is 0.416 e. The molecule has 3 saturated heterocycles. The van der Waals surface area contributed by atoms with E-state index >= 15 is 0 Å². The second kappa shape index (κ2) is 16.3. The molecule has 1 atom stereocenters. The average molecular weight is 766 g/mol. The minimum absolute atomic E-state index is 0.0519. The average Bonchev–Trinajstić information content (AvgIpc) is 3.19. The number of amides is 2. The molecule has 0 radical (unpaired) electrons. The van der Waals surface area contributed by atoms with Gasteiger partial charge >= 0.3 is 12.4 Å². The van der Waals surface area contributed by atoms with Crippen LogP contribution >= 0.6 is 0 Å². The molecule has 4 aromatic rings. The van der Waals surface area contributed by atoms with E-state index in [4.69, 9.17) is 4.98 Å². The molecule has 4 heterocycles. The van der Waals surface area contributed by atoms with Crippen LogP contribution in [0.3, 0.4) is 0 Å². The summed E-state index contributed by atoms with van der Waals surface area (Å²) in [5.41, 5.74) is -0.471. The van der Waals surface area contributed by atoms with Gasteiger partial charge in [-0.3, -0.25) is 14.5 Å². The summed E-state index contributed by atoms with van der Waals surface area (Å²) in [6.07, 6.45) is -1.72. The van der Waals surface area contributed by atoms with E-state index in [1.54, 1.807) is 17.0 Å². The van der Waals surface area contributed by atoms with Crippen molar-refractivity contribution < 1.29 is 35.9 Å². The Bertz CT molecular complexity index is 1980. The Morgan fingerprint density at radius 3 is 2.09 bits per heavy atom. The number of carbonyl (C=O) groups is 2. The molecular weight excluding hydrogens is 720 g/mol. The third-order valence-corrected chi connectivity index (χ3v) is 11.2. The summed E-state index contributed by atoms with van der Waals surface area (Å²) in [5.74, 6) is -1.33. The quantitative estimate of drug-likeness (QED) is 0.182. The summed E-state index contributed by atoms with van der Waals surface area (Å²) < 4.78 is 86.4. The Labute approximate surface area is 316 Å². The van der Waals surface area contributed by atoms with Gasteiger partial charge in [-0.15, -0.1) is 0 Å². The zero-order valence-corrected chi connectivity index (χ0v) is 30.6. The summed E-state index contributed by atoms with van der Waals surface area (Å²) in [6.45, 7) is 4.46. The first-order valence-corrected chi connectivity index (χ1v) is 19.2. The van der Waals surface area contributed by atoms with Gasteiger partial charge in [0.05, 0.1) is 22.3 Å². The number of fused-ring (bicyclic) bond motifs is 1. The van der Waals surface area contributed by atoms with Crippen molar-refractivity contribution in [2.24, 2.45) is 0 Å². The zero-order chi connectivity index (χ0) is 38.7. The van der Waals surface area contributed by atoms with E-state index < -0.39 is 29.9 Å². The Balaban J connectivity index is 1.38. The first-order chi connectivity index (χ1) is 26.4. The van der Waals surface area contributed by atoms with Gasteiger partial charge in [0.25, 0.3) is 11.8 Å². The van der Waals surface area contributed by atoms with Crippen LogP contribution in [0.2, 0.25) is 0 Å². The van der Waals surface area contributed by atoms with E-state index in [2.05, 4.69) is 15.1 Å². The highest BCUT2D eigenvalue weighted by Crippen LogP contribution is 2.38. The van der Waals surface area contributed by atoms with Crippen molar-refractivity contribution in [2.45, 2.75) is 82.3 Å². The Kier molecular flexibility index (Phi) is 11.5. The maximum absolute atomic E-state index is 14.7. The van der Waals surface area contributed by atoms with E-state index in [0.29, 0.717) is 32.2 Å². The summed E-state index contributed by atoms with van der Waals surface area (Å²) in [6, 6.07) is 14.2. The van der Waals surface area contributed by atoms with Gasteiger partial charge in [0.1, 0.15) is 0 Å². The van der Waals surface area contributed by atoms with Crippen LogP contribution in [0.4, 0.5) is 26.3 Å². The number of hydrogen-bond acceptors (Lipinski definition) is 5. The van der Waals surface area contributed by atoms with Gasteiger partial charge in [-0.2, -0.15) is 26.3 Å². The second-order valence-electron chi connectivity index (χ2n) is 14.9. The van der Waals surface area contributed by atoms with Crippen molar-refractivity contribution >= 4 is 22.7 Å². The normalized spacial score (nSPS) is 18.7. The van der Waals surface area contributed by atoms with Gasteiger partial charge in [-0.25, -0.2) is 4.98 Å². The van der Waals surface area contributed by atoms with E-state index in [1.165, 1.54) is 55.0 Å². The van der Waals surface area contributed by atoms with Crippen molar-refractivity contribution in [3.8, 4) is 11.3 Å². The third-order valence-electron chi connectivity index (χ3n) is 11.2. The number of likely N-dealkylation sites (tertiary alicyclic amines) is 3. The molecule has 0 spiro atoms. The van der Waals surface area contributed by atoms with Crippen LogP contribution in [0.15, 0.2) is 72.8 Å². The van der Waals surface area contributed by atoms with Gasteiger partial charge in [0, 0.05) is 47.8 Å². The molecular formula is C42H45F6N5O2. The van der Waals surface area contributed by atoms with Crippen LogP contribution in [0.25, 0.3) is 22.2 Å². The summed E-state index contributed by atoms with van der Waals surface area (Å²) in [5, 5.41) is 2.40. The Morgan fingerprint density at radius 1 is 0.764 bits per heavy atom. The lowest BCUT2D eigenvalue weighted by Crippen LogP contribution is -2.46. The number of benzene rings is 3. The second-order valence-corrected chi connectivity index (χ2v) is 14.9. The molecule has 1 aromatic heterocycles. The van der Waals surface area contributed by atoms with Crippen LogP contribution < -0.4 is 5.32 Å². The van der Waals surface area contributed by atoms with Gasteiger partial charge in [-0.1, -0.05) is 48.9 Å². The van der Waals surface area contributed by atoms with Gasteiger partial charge in [0.2, 0.25) is 0 Å². The molecule has 1 N–H and O–H groups in total. The third kappa shape index (κ3) is 8.83. The number of rotatable bonds is 8. The molecule has 0 aliphatic carbocycles. The number of nitrogens with zero attached hydrogens (tertiary/aromatic N) is 4. The smallest absolute Gasteiger partial charge is 0.339 e. The van der Waals surface area contributed by atoms with Crippen molar-refractivity contribution in [1.29, 1.82) is 0 Å². The predicted octanol–water partition coefficient (Wildman–Crippen LogP) is 9.03. The minimum atomic E-state index is -4.88. The fourth-order valence-corrected chi connectivity index (χ4v) is 8.36. The predicted molar refractivity (Wildman–Crippen MR) is 198 cm³/mol. The van der Waals surface area contributed by atoms with Crippen LogP contribution in [0.5, 0.6) is 0 Å². The number of pyridine rings is 1. The Hall–Kier alpha value is -4.49. The Morgan fingerprint density at radius 2 is 1.44 bits per heavy atom. The summed E-state index contributed by atoms with van der Waals surface area (Å²) >= 11 is 0. The molecule has 7 nitrogen and oxygen atoms in total. The molecule has 3 aliphatic heterocycles. The number of halogens is 6. The van der Waals surface area contributed by atoms with E-state index in [-0.39, 0.29) is 56.9 Å². The van der Waals surface area contributed by atoms with Gasteiger partial charge in [0.15, 0.2) is 6.04 Å². The molecule has 7 rings (SSSR count). The number of carbonyl (C=O) groups excluding carboxylic acids is 2. The van der Waals surface area contributed by atoms with Crippen LogP contribution in [0.1, 0.15) is 94.8 Å². The molecule has 292 valence electrons. The summed E-state index contributed by atoms with van der Waals surface area (Å²) in [7, 11) is 0. The van der Waals surface area contributed by atoms with E-state index in [9.17, 15) is 35.9 Å². The fraction of sp³-hybridized carbons (Fsp3) is 0.452. The van der Waals surface area contributed by atoms with Gasteiger partial charge < -0.3 is 15.1 Å². The van der Waals surface area contributed by atoms with Crippen molar-refractivity contribution in [3.05, 3.63) is 101 Å². The topological polar surface area (TPSA) is 68.8 Å². The lowest BCUT2D eigenvalue weighted by atomic mass is 9.92. The fourth-order valence-electron chi connectivity index (χ4n) is 8.36. The van der Waals surface area contributed by atoms with Crippen molar-refractivity contribution in [1.82, 2.24) is 25.0 Å². The van der Waals surface area contributed by atoms with Crippen molar-refractivity contribution in [3.63, 3.8) is 0 Å². The van der Waals surface area contributed by atoms with Crippen LogP contribution in [-0.2, 0) is 12.7 Å². The monoisotopic (exact) mass is 765 g/mol. The lowest BCUT2D eigenvalue weighted by molar-refractivity contribution is -0.155. The van der Waals surface area contributed by atoms with Crippen LogP contribution in [0, 0.1) is 0 Å². The molecule has 3 aliphatic rings. The van der Waals surface area contributed by atoms with Crippen LogP contribution in [-0.4, -0.2) is 83.0 Å². The number of hydrogen-bond donors (Lipinski definition) is 1. The number of nitrogens with one attached hydrogen (secondary N) is 1. The standard InChI is InChI=1S/C42H45F6N5O2/c43-41(44,45)31-14-10-13-29(25-31)37-34(27-51-23-17-32(18-24-51)52-19-6-2-7-20-52)36(39(54)50-38(42(46,47)48)28-11-4-1-5-12-28)33-26-30(15-16-35(33)49-37)40(55)53-21-8-3-9-22-53/h1,4-5,10-16,25-26,32,38H,2-3,6-9,17-24,27H2,(H,50,54)/t38-/m1/s1. The highest BCUT2D eigenvalue weighted by molar-refractivity contribution is 6.11.